The van der Waals surface area contributed by atoms with Crippen LogP contribution in [0.2, 0.25) is 0 Å². The van der Waals surface area contributed by atoms with Crippen LogP contribution in [0.25, 0.3) is 0 Å². The monoisotopic (exact) mass is 405 g/mol. The van der Waals surface area contributed by atoms with Crippen molar-refractivity contribution in [1.82, 2.24) is 5.32 Å². The molecule has 1 aromatic rings. The fraction of sp³-hybridized carbons (Fsp3) is 0.600. The van der Waals surface area contributed by atoms with E-state index in [0.717, 1.165) is 53.8 Å². The van der Waals surface area contributed by atoms with Crippen molar-refractivity contribution in [1.29, 1.82) is 0 Å². The molecule has 0 aromatic heterocycles. The van der Waals surface area contributed by atoms with Gasteiger partial charge in [-0.1, -0.05) is 6.92 Å². The van der Waals surface area contributed by atoms with Gasteiger partial charge in [0.15, 0.2) is 0 Å². The van der Waals surface area contributed by atoms with Gasteiger partial charge in [-0.3, -0.25) is 0 Å². The highest BCUT2D eigenvalue weighted by Crippen LogP contribution is 2.35. The van der Waals surface area contributed by atoms with E-state index in [1.807, 2.05) is 0 Å². The summed E-state index contributed by atoms with van der Waals surface area (Å²) >= 11 is 7.21. The van der Waals surface area contributed by atoms with Crippen molar-refractivity contribution in [3.63, 3.8) is 0 Å². The molecule has 1 aromatic carbocycles. The molecule has 1 aliphatic heterocycles. The molecule has 1 heterocycles. The van der Waals surface area contributed by atoms with Gasteiger partial charge >= 0.3 is 0 Å². The second kappa shape index (κ2) is 8.37. The van der Waals surface area contributed by atoms with E-state index in [1.165, 1.54) is 5.56 Å². The molecule has 3 nitrogen and oxygen atoms in total. The summed E-state index contributed by atoms with van der Waals surface area (Å²) in [6, 6.07) is 4.24. The number of halogens is 2. The van der Waals surface area contributed by atoms with Crippen LogP contribution >= 0.6 is 31.9 Å². The lowest BCUT2D eigenvalue weighted by molar-refractivity contribution is 0.166. The summed E-state index contributed by atoms with van der Waals surface area (Å²) in [5, 5.41) is 3.40. The second-order valence-electron chi connectivity index (χ2n) is 5.11. The molecule has 112 valence electrons. The topological polar surface area (TPSA) is 30.5 Å². The molecule has 1 fully saturated rings. The number of nitrogens with one attached hydrogen (secondary N) is 1. The van der Waals surface area contributed by atoms with Crippen LogP contribution in [0.4, 0.5) is 0 Å². The molecule has 1 aliphatic rings. The number of hydrogen-bond donors (Lipinski definition) is 1. The lowest BCUT2D eigenvalue weighted by Gasteiger charge is -2.15. The Labute approximate surface area is 137 Å². The van der Waals surface area contributed by atoms with Gasteiger partial charge in [-0.25, -0.2) is 0 Å². The Bertz CT molecular complexity index is 411. The Hall–Kier alpha value is -0.100. The van der Waals surface area contributed by atoms with Crippen LogP contribution in [0.15, 0.2) is 21.1 Å². The molecule has 1 saturated heterocycles. The lowest BCUT2D eigenvalue weighted by Crippen LogP contribution is -2.14. The van der Waals surface area contributed by atoms with Crippen molar-refractivity contribution in [2.75, 3.05) is 26.4 Å². The fourth-order valence-electron chi connectivity index (χ4n) is 2.18. The first-order valence-corrected chi connectivity index (χ1v) is 8.68. The van der Waals surface area contributed by atoms with Crippen LogP contribution in [0.5, 0.6) is 5.75 Å². The third kappa shape index (κ3) is 4.72. The van der Waals surface area contributed by atoms with Gasteiger partial charge in [0.1, 0.15) is 5.75 Å². The van der Waals surface area contributed by atoms with Gasteiger partial charge in [0.2, 0.25) is 0 Å². The third-order valence-electron chi connectivity index (χ3n) is 3.30. The Morgan fingerprint density at radius 1 is 1.35 bits per heavy atom. The molecular formula is C15H21Br2NO2. The second-order valence-corrected chi connectivity index (χ2v) is 6.81. The number of benzene rings is 1. The molecule has 2 rings (SSSR count). The Morgan fingerprint density at radius 3 is 2.70 bits per heavy atom. The van der Waals surface area contributed by atoms with E-state index in [2.05, 4.69) is 56.2 Å². The molecule has 20 heavy (non-hydrogen) atoms. The minimum Gasteiger partial charge on any atom is -0.491 e. The molecule has 1 N–H and O–H groups in total. The maximum absolute atomic E-state index is 5.94. The fourth-order valence-corrected chi connectivity index (χ4v) is 3.69. The van der Waals surface area contributed by atoms with Crippen molar-refractivity contribution in [2.24, 2.45) is 5.92 Å². The Morgan fingerprint density at radius 2 is 2.10 bits per heavy atom. The van der Waals surface area contributed by atoms with E-state index in [-0.39, 0.29) is 0 Å². The standard InChI is InChI=1S/C15H21Br2NO2/c1-2-4-18-8-12-6-13(16)15(14(17)7-12)20-10-11-3-5-19-9-11/h6-7,11,18H,2-5,8-10H2,1H3. The molecule has 1 atom stereocenters. The first-order chi connectivity index (χ1) is 9.70. The van der Waals surface area contributed by atoms with Crippen LogP contribution in [-0.2, 0) is 11.3 Å². The van der Waals surface area contributed by atoms with Crippen LogP contribution in [-0.4, -0.2) is 26.4 Å². The molecule has 0 bridgehead atoms. The molecule has 0 radical (unpaired) electrons. The highest BCUT2D eigenvalue weighted by molar-refractivity contribution is 9.11. The Balaban J connectivity index is 1.94. The minimum atomic E-state index is 0.514. The van der Waals surface area contributed by atoms with Gasteiger partial charge in [0.05, 0.1) is 22.2 Å². The Kier molecular flexibility index (Phi) is 6.81. The molecule has 1 unspecified atom stereocenters. The maximum Gasteiger partial charge on any atom is 0.147 e. The summed E-state index contributed by atoms with van der Waals surface area (Å²) < 4.78 is 13.3. The molecule has 0 spiro atoms. The van der Waals surface area contributed by atoms with Crippen molar-refractivity contribution in [2.45, 2.75) is 26.3 Å². The summed E-state index contributed by atoms with van der Waals surface area (Å²) in [4.78, 5) is 0. The van der Waals surface area contributed by atoms with E-state index in [1.54, 1.807) is 0 Å². The molecular weight excluding hydrogens is 386 g/mol. The zero-order valence-corrected chi connectivity index (χ0v) is 14.9. The van der Waals surface area contributed by atoms with E-state index >= 15 is 0 Å². The summed E-state index contributed by atoms with van der Waals surface area (Å²) in [5.74, 6) is 1.40. The van der Waals surface area contributed by atoms with E-state index in [0.29, 0.717) is 12.5 Å². The average Bonchev–Trinajstić information content (AvgIpc) is 2.91. The minimum absolute atomic E-state index is 0.514. The smallest absolute Gasteiger partial charge is 0.147 e. The SMILES string of the molecule is CCCNCc1cc(Br)c(OCC2CCOC2)c(Br)c1. The predicted octanol–water partition coefficient (Wildman–Crippen LogP) is 4.13. The van der Waals surface area contributed by atoms with Crippen LogP contribution in [0, 0.1) is 5.92 Å². The first kappa shape index (κ1) is 16.3. The molecule has 0 amide bonds. The van der Waals surface area contributed by atoms with Crippen molar-refractivity contribution in [3.05, 3.63) is 26.6 Å². The van der Waals surface area contributed by atoms with Gasteiger partial charge in [-0.05, 0) is 68.9 Å². The van der Waals surface area contributed by atoms with Gasteiger partial charge < -0.3 is 14.8 Å². The molecule has 0 aliphatic carbocycles. The maximum atomic E-state index is 5.94. The summed E-state index contributed by atoms with van der Waals surface area (Å²) in [7, 11) is 0. The zero-order chi connectivity index (χ0) is 14.4. The predicted molar refractivity (Wildman–Crippen MR) is 88.3 cm³/mol. The lowest BCUT2D eigenvalue weighted by atomic mass is 10.1. The number of hydrogen-bond acceptors (Lipinski definition) is 3. The quantitative estimate of drug-likeness (QED) is 0.690. The van der Waals surface area contributed by atoms with Crippen molar-refractivity contribution >= 4 is 31.9 Å². The highest BCUT2D eigenvalue weighted by atomic mass is 79.9. The van der Waals surface area contributed by atoms with Crippen molar-refractivity contribution < 1.29 is 9.47 Å². The van der Waals surface area contributed by atoms with E-state index in [4.69, 9.17) is 9.47 Å². The summed E-state index contributed by atoms with van der Waals surface area (Å²) in [6.45, 7) is 6.47. The first-order valence-electron chi connectivity index (χ1n) is 7.10. The number of rotatable bonds is 7. The molecule has 0 saturated carbocycles. The zero-order valence-electron chi connectivity index (χ0n) is 11.8. The summed E-state index contributed by atoms with van der Waals surface area (Å²) in [5.41, 5.74) is 1.24. The summed E-state index contributed by atoms with van der Waals surface area (Å²) in [6.07, 6.45) is 2.24. The van der Waals surface area contributed by atoms with Gasteiger partial charge in [0.25, 0.3) is 0 Å². The van der Waals surface area contributed by atoms with E-state index < -0.39 is 0 Å². The average molecular weight is 407 g/mol. The van der Waals surface area contributed by atoms with E-state index in [9.17, 15) is 0 Å². The third-order valence-corrected chi connectivity index (χ3v) is 4.48. The highest BCUT2D eigenvalue weighted by Gasteiger charge is 2.18. The van der Waals surface area contributed by atoms with Gasteiger partial charge in [-0.15, -0.1) is 0 Å². The normalized spacial score (nSPS) is 18.4. The van der Waals surface area contributed by atoms with Crippen molar-refractivity contribution in [3.8, 4) is 5.75 Å². The van der Waals surface area contributed by atoms with Gasteiger partial charge in [0, 0.05) is 19.1 Å². The number of ether oxygens (including phenoxy) is 2. The van der Waals surface area contributed by atoms with Crippen LogP contribution < -0.4 is 10.1 Å². The van der Waals surface area contributed by atoms with Crippen LogP contribution in [0.1, 0.15) is 25.3 Å². The largest absolute Gasteiger partial charge is 0.491 e. The van der Waals surface area contributed by atoms with Crippen LogP contribution in [0.3, 0.4) is 0 Å². The van der Waals surface area contributed by atoms with Gasteiger partial charge in [-0.2, -0.15) is 0 Å². The molecule has 5 heteroatoms.